The van der Waals surface area contributed by atoms with Gasteiger partial charge in [-0.15, -0.1) is 23.7 Å². The Morgan fingerprint density at radius 2 is 2.53 bits per heavy atom. The Morgan fingerprint density at radius 3 is 3.33 bits per heavy atom. The maximum absolute atomic E-state index is 10.1. The quantitative estimate of drug-likeness (QED) is 0.776. The van der Waals surface area contributed by atoms with Gasteiger partial charge in [0.25, 0.3) is 0 Å². The summed E-state index contributed by atoms with van der Waals surface area (Å²) < 4.78 is 0. The van der Waals surface area contributed by atoms with E-state index in [0.29, 0.717) is 12.3 Å². The summed E-state index contributed by atoms with van der Waals surface area (Å²) in [5, 5.41) is 12.2. The summed E-state index contributed by atoms with van der Waals surface area (Å²) in [7, 11) is 0. The largest absolute Gasteiger partial charge is 0.392 e. The smallest absolute Gasteiger partial charge is 0.0618 e. The van der Waals surface area contributed by atoms with Crippen LogP contribution >= 0.6 is 11.3 Å². The molecule has 80 valence electrons. The third-order valence-corrected chi connectivity index (χ3v) is 4.14. The molecule has 0 aliphatic heterocycles. The molecule has 1 aromatic rings. The molecule has 1 heterocycles. The monoisotopic (exact) mass is 220 g/mol. The Balaban J connectivity index is 2.09. The highest BCUT2D eigenvalue weighted by molar-refractivity contribution is 7.10. The van der Waals surface area contributed by atoms with Crippen molar-refractivity contribution in [2.24, 2.45) is 0 Å². The van der Waals surface area contributed by atoms with Crippen LogP contribution in [0.4, 0.5) is 0 Å². The molecule has 1 aromatic heterocycles. The second-order valence-electron chi connectivity index (χ2n) is 4.11. The van der Waals surface area contributed by atoms with Crippen LogP contribution in [0.2, 0.25) is 0 Å². The van der Waals surface area contributed by atoms with E-state index in [-0.39, 0.29) is 6.10 Å². The van der Waals surface area contributed by atoms with Crippen LogP contribution in [-0.2, 0) is 6.42 Å². The average Bonchev–Trinajstić information content (AvgIpc) is 2.73. The molecule has 1 aliphatic carbocycles. The van der Waals surface area contributed by atoms with Crippen molar-refractivity contribution < 1.29 is 5.11 Å². The number of fused-ring (bicyclic) bond motifs is 1. The number of aliphatic hydroxyl groups excluding tert-OH is 1. The van der Waals surface area contributed by atoms with Gasteiger partial charge in [-0.3, -0.25) is 0 Å². The molecule has 0 amide bonds. The van der Waals surface area contributed by atoms with Gasteiger partial charge in [0.15, 0.2) is 0 Å². The lowest BCUT2D eigenvalue weighted by Crippen LogP contribution is -2.21. The minimum atomic E-state index is -0.255. The summed E-state index contributed by atoms with van der Waals surface area (Å²) >= 11 is 1.82. The van der Waals surface area contributed by atoms with E-state index in [4.69, 9.17) is 6.42 Å². The molecule has 0 spiro atoms. The summed E-state index contributed by atoms with van der Waals surface area (Å²) in [5.74, 6) is 2.93. The fourth-order valence-corrected chi connectivity index (χ4v) is 3.35. The summed E-state index contributed by atoms with van der Waals surface area (Å²) in [6.07, 6.45) is 9.87. The van der Waals surface area contributed by atoms with Crippen molar-refractivity contribution in [3.63, 3.8) is 0 Å². The van der Waals surface area contributed by atoms with Crippen LogP contribution in [0.5, 0.6) is 0 Å². The molecule has 15 heavy (non-hydrogen) atoms. The first-order valence-corrected chi connectivity index (χ1v) is 6.38. The lowest BCUT2D eigenvalue weighted by atomic mass is 9.82. The third kappa shape index (κ3) is 2.25. The fraction of sp³-hybridized carbons (Fsp3) is 0.538. The highest BCUT2D eigenvalue weighted by Gasteiger charge is 2.26. The minimum Gasteiger partial charge on any atom is -0.392 e. The Bertz CT molecular complexity index is 361. The van der Waals surface area contributed by atoms with E-state index in [2.05, 4.69) is 17.4 Å². The second kappa shape index (κ2) is 4.83. The highest BCUT2D eigenvalue weighted by Crippen LogP contribution is 2.37. The Kier molecular flexibility index (Phi) is 3.45. The number of terminal acetylenes is 1. The molecule has 0 saturated heterocycles. The van der Waals surface area contributed by atoms with Gasteiger partial charge in [-0.2, -0.15) is 0 Å². The lowest BCUT2D eigenvalue weighted by molar-refractivity contribution is 0.127. The van der Waals surface area contributed by atoms with Gasteiger partial charge in [-0.25, -0.2) is 0 Å². The normalized spacial score (nSPS) is 21.7. The van der Waals surface area contributed by atoms with Gasteiger partial charge < -0.3 is 5.11 Å². The Hall–Kier alpha value is -0.780. The molecule has 0 aromatic carbocycles. The van der Waals surface area contributed by atoms with E-state index in [1.807, 2.05) is 11.3 Å². The number of aliphatic hydroxyl groups is 1. The zero-order valence-corrected chi connectivity index (χ0v) is 9.59. The zero-order chi connectivity index (χ0) is 10.7. The van der Waals surface area contributed by atoms with Crippen molar-refractivity contribution in [1.82, 2.24) is 0 Å². The van der Waals surface area contributed by atoms with E-state index in [9.17, 15) is 5.11 Å². The summed E-state index contributed by atoms with van der Waals surface area (Å²) in [6, 6.07) is 2.17. The van der Waals surface area contributed by atoms with Crippen LogP contribution in [0, 0.1) is 12.3 Å². The molecule has 0 fully saturated rings. The Morgan fingerprint density at radius 1 is 1.67 bits per heavy atom. The zero-order valence-electron chi connectivity index (χ0n) is 8.78. The molecule has 2 unspecified atom stereocenters. The number of hydrogen-bond acceptors (Lipinski definition) is 2. The summed E-state index contributed by atoms with van der Waals surface area (Å²) in [5.41, 5.74) is 1.37. The molecular weight excluding hydrogens is 204 g/mol. The number of thiophene rings is 1. The van der Waals surface area contributed by atoms with Crippen molar-refractivity contribution in [1.29, 1.82) is 0 Å². The van der Waals surface area contributed by atoms with Crippen molar-refractivity contribution in [2.45, 2.75) is 44.1 Å². The number of aryl methyl sites for hydroxylation is 1. The van der Waals surface area contributed by atoms with Crippen LogP contribution in [0.1, 0.15) is 42.0 Å². The first-order valence-electron chi connectivity index (χ1n) is 5.50. The highest BCUT2D eigenvalue weighted by atomic mass is 32.1. The van der Waals surface area contributed by atoms with Crippen LogP contribution in [0.25, 0.3) is 0 Å². The van der Waals surface area contributed by atoms with Gasteiger partial charge in [-0.05, 0) is 42.7 Å². The average molecular weight is 220 g/mol. The van der Waals surface area contributed by atoms with Crippen molar-refractivity contribution in [3.05, 3.63) is 21.9 Å². The Labute approximate surface area is 95.1 Å². The maximum Gasteiger partial charge on any atom is 0.0618 e. The van der Waals surface area contributed by atoms with Crippen molar-refractivity contribution in [3.8, 4) is 12.3 Å². The van der Waals surface area contributed by atoms with E-state index in [0.717, 1.165) is 12.8 Å². The van der Waals surface area contributed by atoms with Gasteiger partial charge >= 0.3 is 0 Å². The molecule has 1 aliphatic rings. The molecule has 0 saturated carbocycles. The topological polar surface area (TPSA) is 20.2 Å². The molecule has 2 heteroatoms. The molecule has 0 bridgehead atoms. The van der Waals surface area contributed by atoms with E-state index in [1.165, 1.54) is 23.3 Å². The van der Waals surface area contributed by atoms with E-state index >= 15 is 0 Å². The minimum absolute atomic E-state index is 0.255. The number of hydrogen-bond donors (Lipinski definition) is 1. The number of rotatable bonds is 3. The first kappa shape index (κ1) is 10.7. The van der Waals surface area contributed by atoms with Gasteiger partial charge in [0.1, 0.15) is 0 Å². The van der Waals surface area contributed by atoms with Crippen LogP contribution < -0.4 is 0 Å². The molecule has 1 nitrogen and oxygen atoms in total. The van der Waals surface area contributed by atoms with Gasteiger partial charge in [0.2, 0.25) is 0 Å². The van der Waals surface area contributed by atoms with Crippen molar-refractivity contribution in [2.75, 3.05) is 0 Å². The second-order valence-corrected chi connectivity index (χ2v) is 5.11. The van der Waals surface area contributed by atoms with Gasteiger partial charge in [-0.1, -0.05) is 0 Å². The van der Waals surface area contributed by atoms with Gasteiger partial charge in [0.05, 0.1) is 6.10 Å². The van der Waals surface area contributed by atoms with E-state index in [1.54, 1.807) is 0 Å². The van der Waals surface area contributed by atoms with E-state index < -0.39 is 0 Å². The van der Waals surface area contributed by atoms with Crippen molar-refractivity contribution >= 4 is 11.3 Å². The van der Waals surface area contributed by atoms with Crippen LogP contribution in [0.3, 0.4) is 0 Å². The predicted molar refractivity (Wildman–Crippen MR) is 64.1 cm³/mol. The first-order chi connectivity index (χ1) is 7.33. The molecule has 1 N–H and O–H groups in total. The van der Waals surface area contributed by atoms with Crippen LogP contribution in [-0.4, -0.2) is 11.2 Å². The molecule has 2 atom stereocenters. The van der Waals surface area contributed by atoms with Gasteiger partial charge in [0, 0.05) is 17.2 Å². The fourth-order valence-electron chi connectivity index (χ4n) is 2.35. The SMILES string of the molecule is C#CCCC(O)C1CCCc2sccc21. The maximum atomic E-state index is 10.1. The molecule has 2 rings (SSSR count). The summed E-state index contributed by atoms with van der Waals surface area (Å²) in [6.45, 7) is 0. The standard InChI is InChI=1S/C13H16OS/c1-2-3-6-12(14)10-5-4-7-13-11(10)8-9-15-13/h1,8-10,12,14H,3-7H2. The molecule has 0 radical (unpaired) electrons. The summed E-state index contributed by atoms with van der Waals surface area (Å²) in [4.78, 5) is 1.46. The van der Waals surface area contributed by atoms with Crippen LogP contribution in [0.15, 0.2) is 11.4 Å². The lowest BCUT2D eigenvalue weighted by Gasteiger charge is -2.26. The third-order valence-electron chi connectivity index (χ3n) is 3.15. The molecular formula is C13H16OS. The predicted octanol–water partition coefficient (Wildman–Crippen LogP) is 2.94.